The molecule has 0 aliphatic carbocycles. The highest BCUT2D eigenvalue weighted by molar-refractivity contribution is 7.98. The summed E-state index contributed by atoms with van der Waals surface area (Å²) in [5.74, 6) is 1.13. The molecule has 1 rings (SSSR count). The summed E-state index contributed by atoms with van der Waals surface area (Å²) in [6.45, 7) is 11.8. The van der Waals surface area contributed by atoms with Gasteiger partial charge in [-0.1, -0.05) is 0 Å². The number of aromatic nitrogens is 1. The SMILES string of the molecule is CSCC(C)N(C)c1nc(C)c(CNC(C)(C)C)s1. The monoisotopic (exact) mass is 301 g/mol. The van der Waals surface area contributed by atoms with Gasteiger partial charge in [-0.2, -0.15) is 11.8 Å². The summed E-state index contributed by atoms with van der Waals surface area (Å²) in [5.41, 5.74) is 1.30. The molecule has 5 heteroatoms. The molecule has 1 aromatic heterocycles. The third-order valence-electron chi connectivity index (χ3n) is 3.03. The lowest BCUT2D eigenvalue weighted by Crippen LogP contribution is -2.34. The van der Waals surface area contributed by atoms with E-state index < -0.39 is 0 Å². The van der Waals surface area contributed by atoms with Crippen LogP contribution in [0, 0.1) is 6.92 Å². The first kappa shape index (κ1) is 16.8. The third-order valence-corrected chi connectivity index (χ3v) is 5.10. The Hall–Kier alpha value is -0.260. The van der Waals surface area contributed by atoms with Gasteiger partial charge in [-0.05, 0) is 40.9 Å². The standard InChI is InChI=1S/C14H27N3S2/c1-10(9-18-7)17(6)13-16-11(2)12(19-13)8-15-14(3,4)5/h10,15H,8-9H2,1-7H3. The molecule has 1 unspecified atom stereocenters. The van der Waals surface area contributed by atoms with Gasteiger partial charge in [-0.15, -0.1) is 11.3 Å². The van der Waals surface area contributed by atoms with Crippen LogP contribution in [0.5, 0.6) is 0 Å². The molecular formula is C14H27N3S2. The molecule has 1 atom stereocenters. The predicted molar refractivity (Wildman–Crippen MR) is 89.7 cm³/mol. The molecule has 3 nitrogen and oxygen atoms in total. The van der Waals surface area contributed by atoms with E-state index in [0.717, 1.165) is 23.1 Å². The highest BCUT2D eigenvalue weighted by Crippen LogP contribution is 2.27. The van der Waals surface area contributed by atoms with E-state index in [1.165, 1.54) is 4.88 Å². The van der Waals surface area contributed by atoms with Crippen molar-refractivity contribution in [2.24, 2.45) is 0 Å². The smallest absolute Gasteiger partial charge is 0.185 e. The fourth-order valence-corrected chi connectivity index (χ4v) is 3.39. The van der Waals surface area contributed by atoms with E-state index in [1.807, 2.05) is 11.8 Å². The number of hydrogen-bond donors (Lipinski definition) is 1. The Morgan fingerprint density at radius 3 is 2.58 bits per heavy atom. The molecule has 0 amide bonds. The van der Waals surface area contributed by atoms with Gasteiger partial charge < -0.3 is 10.2 Å². The van der Waals surface area contributed by atoms with E-state index in [-0.39, 0.29) is 5.54 Å². The molecule has 0 bridgehead atoms. The van der Waals surface area contributed by atoms with Crippen molar-refractivity contribution < 1.29 is 0 Å². The first-order valence-corrected chi connectivity index (χ1v) is 8.88. The van der Waals surface area contributed by atoms with Crippen LogP contribution < -0.4 is 10.2 Å². The van der Waals surface area contributed by atoms with Crippen molar-refractivity contribution in [3.63, 3.8) is 0 Å². The Kier molecular flexibility index (Phi) is 6.15. The topological polar surface area (TPSA) is 28.2 Å². The van der Waals surface area contributed by atoms with Crippen molar-refractivity contribution in [1.82, 2.24) is 10.3 Å². The number of thiazole rings is 1. The van der Waals surface area contributed by atoms with Crippen molar-refractivity contribution in [3.8, 4) is 0 Å². The highest BCUT2D eigenvalue weighted by atomic mass is 32.2. The second-order valence-electron chi connectivity index (χ2n) is 6.02. The molecule has 0 aromatic carbocycles. The molecule has 0 radical (unpaired) electrons. The third kappa shape index (κ3) is 5.32. The Bertz CT molecular complexity index is 396. The maximum Gasteiger partial charge on any atom is 0.185 e. The van der Waals surface area contributed by atoms with Gasteiger partial charge in [0.05, 0.1) is 5.69 Å². The van der Waals surface area contributed by atoms with Crippen LogP contribution in [0.3, 0.4) is 0 Å². The van der Waals surface area contributed by atoms with Crippen LogP contribution in [-0.4, -0.2) is 35.6 Å². The number of anilines is 1. The van der Waals surface area contributed by atoms with Gasteiger partial charge in [0.1, 0.15) is 0 Å². The van der Waals surface area contributed by atoms with Gasteiger partial charge in [-0.3, -0.25) is 0 Å². The molecule has 0 fully saturated rings. The molecule has 0 aliphatic heterocycles. The number of nitrogens with zero attached hydrogens (tertiary/aromatic N) is 2. The fourth-order valence-electron chi connectivity index (χ4n) is 1.61. The molecule has 1 heterocycles. The minimum absolute atomic E-state index is 0.147. The van der Waals surface area contributed by atoms with Crippen LogP contribution in [0.25, 0.3) is 0 Å². The van der Waals surface area contributed by atoms with Crippen LogP contribution in [0.4, 0.5) is 5.13 Å². The Morgan fingerprint density at radius 1 is 1.42 bits per heavy atom. The number of nitrogens with one attached hydrogen (secondary N) is 1. The van der Waals surface area contributed by atoms with Gasteiger partial charge in [-0.25, -0.2) is 4.98 Å². The van der Waals surface area contributed by atoms with Crippen molar-refractivity contribution in [2.45, 2.75) is 52.7 Å². The van der Waals surface area contributed by atoms with Crippen LogP contribution >= 0.6 is 23.1 Å². The first-order chi connectivity index (χ1) is 8.74. The minimum atomic E-state index is 0.147. The molecule has 1 N–H and O–H groups in total. The van der Waals surface area contributed by atoms with E-state index in [2.05, 4.69) is 58.1 Å². The molecule has 110 valence electrons. The van der Waals surface area contributed by atoms with Gasteiger partial charge in [0, 0.05) is 35.8 Å². The maximum absolute atomic E-state index is 4.71. The molecule has 0 saturated carbocycles. The average molecular weight is 302 g/mol. The zero-order valence-corrected chi connectivity index (χ0v) is 14.8. The van der Waals surface area contributed by atoms with E-state index in [4.69, 9.17) is 4.98 Å². The summed E-state index contributed by atoms with van der Waals surface area (Å²) in [7, 11) is 2.14. The predicted octanol–water partition coefficient (Wildman–Crippen LogP) is 3.53. The maximum atomic E-state index is 4.71. The van der Waals surface area contributed by atoms with E-state index in [1.54, 1.807) is 11.3 Å². The summed E-state index contributed by atoms with van der Waals surface area (Å²) in [4.78, 5) is 8.34. The van der Waals surface area contributed by atoms with Crippen LogP contribution in [0.2, 0.25) is 0 Å². The Labute approximate surface area is 126 Å². The molecule has 1 aromatic rings. The summed E-state index contributed by atoms with van der Waals surface area (Å²) in [6, 6.07) is 0.518. The van der Waals surface area contributed by atoms with Gasteiger partial charge in [0.2, 0.25) is 0 Å². The van der Waals surface area contributed by atoms with E-state index in [0.29, 0.717) is 6.04 Å². The number of hydrogen-bond acceptors (Lipinski definition) is 5. The van der Waals surface area contributed by atoms with Gasteiger partial charge >= 0.3 is 0 Å². The lowest BCUT2D eigenvalue weighted by atomic mass is 10.1. The number of rotatable bonds is 6. The number of thioether (sulfide) groups is 1. The number of aryl methyl sites for hydroxylation is 1. The summed E-state index contributed by atoms with van der Waals surface area (Å²) in [5, 5.41) is 4.66. The molecular weight excluding hydrogens is 274 g/mol. The second-order valence-corrected chi connectivity index (χ2v) is 8.00. The highest BCUT2D eigenvalue weighted by Gasteiger charge is 2.17. The summed E-state index contributed by atoms with van der Waals surface area (Å²) in [6.07, 6.45) is 2.15. The Balaban J connectivity index is 2.73. The van der Waals surface area contributed by atoms with Crippen molar-refractivity contribution in [2.75, 3.05) is 24.0 Å². The molecule has 0 spiro atoms. The van der Waals surface area contributed by atoms with Crippen LogP contribution in [-0.2, 0) is 6.54 Å². The summed E-state index contributed by atoms with van der Waals surface area (Å²) >= 11 is 3.69. The molecule has 0 aliphatic rings. The largest absolute Gasteiger partial charge is 0.348 e. The average Bonchev–Trinajstić information content (AvgIpc) is 2.66. The first-order valence-electron chi connectivity index (χ1n) is 6.67. The lowest BCUT2D eigenvalue weighted by Gasteiger charge is -2.23. The van der Waals surface area contributed by atoms with Crippen molar-refractivity contribution >= 4 is 28.2 Å². The normalized spacial score (nSPS) is 13.6. The lowest BCUT2D eigenvalue weighted by molar-refractivity contribution is 0.425. The minimum Gasteiger partial charge on any atom is -0.348 e. The zero-order valence-electron chi connectivity index (χ0n) is 13.2. The van der Waals surface area contributed by atoms with E-state index >= 15 is 0 Å². The quantitative estimate of drug-likeness (QED) is 0.870. The van der Waals surface area contributed by atoms with Crippen molar-refractivity contribution in [1.29, 1.82) is 0 Å². The fraction of sp³-hybridized carbons (Fsp3) is 0.786. The Morgan fingerprint density at radius 2 is 2.05 bits per heavy atom. The van der Waals surface area contributed by atoms with E-state index in [9.17, 15) is 0 Å². The molecule has 0 saturated heterocycles. The molecule has 19 heavy (non-hydrogen) atoms. The van der Waals surface area contributed by atoms with Gasteiger partial charge in [0.25, 0.3) is 0 Å². The van der Waals surface area contributed by atoms with Gasteiger partial charge in [0.15, 0.2) is 5.13 Å². The van der Waals surface area contributed by atoms with Crippen molar-refractivity contribution in [3.05, 3.63) is 10.6 Å². The second kappa shape index (κ2) is 6.95. The summed E-state index contributed by atoms with van der Waals surface area (Å²) < 4.78 is 0. The zero-order chi connectivity index (χ0) is 14.6. The van der Waals surface area contributed by atoms with Crippen LogP contribution in [0.1, 0.15) is 38.3 Å². The van der Waals surface area contributed by atoms with Crippen LogP contribution in [0.15, 0.2) is 0 Å².